The minimum Gasteiger partial charge on any atom is -0.301 e. The molecule has 0 N–H and O–H groups in total. The molecule has 2 heterocycles. The summed E-state index contributed by atoms with van der Waals surface area (Å²) in [5.74, 6) is -0.938. The Balaban J connectivity index is 2.20. The maximum absolute atomic E-state index is 13.2. The van der Waals surface area contributed by atoms with E-state index in [9.17, 15) is 13.2 Å². The van der Waals surface area contributed by atoms with Gasteiger partial charge in [0.1, 0.15) is 10.1 Å². The van der Waals surface area contributed by atoms with Crippen molar-refractivity contribution >= 4 is 27.1 Å². The Morgan fingerprint density at radius 1 is 1.00 bits per heavy atom. The summed E-state index contributed by atoms with van der Waals surface area (Å²) >= 11 is 3.18. The Morgan fingerprint density at radius 2 is 1.71 bits per heavy atom. The molecule has 108 valence electrons. The van der Waals surface area contributed by atoms with E-state index in [1.807, 2.05) is 6.07 Å². The first-order valence-electron chi connectivity index (χ1n) is 6.09. The zero-order chi connectivity index (χ0) is 15.0. The van der Waals surface area contributed by atoms with E-state index in [0.29, 0.717) is 4.60 Å². The monoisotopic (exact) mass is 355 g/mol. The van der Waals surface area contributed by atoms with Crippen LogP contribution < -0.4 is 0 Å². The molecule has 3 aromatic rings. The van der Waals surface area contributed by atoms with Gasteiger partial charge in [-0.25, -0.2) is 9.97 Å². The molecule has 0 fully saturated rings. The molecule has 2 aromatic heterocycles. The van der Waals surface area contributed by atoms with E-state index < -0.39 is 12.0 Å². The first-order chi connectivity index (χ1) is 9.95. The van der Waals surface area contributed by atoms with Crippen LogP contribution in [0.2, 0.25) is 0 Å². The number of aromatic nitrogens is 3. The van der Waals surface area contributed by atoms with Crippen molar-refractivity contribution in [3.8, 4) is 0 Å². The number of benzene rings is 1. The van der Waals surface area contributed by atoms with Gasteiger partial charge in [-0.1, -0.05) is 30.3 Å². The quantitative estimate of drug-likeness (QED) is 0.643. The van der Waals surface area contributed by atoms with Crippen LogP contribution in [0, 0.1) is 0 Å². The zero-order valence-corrected chi connectivity index (χ0v) is 12.2. The predicted molar refractivity (Wildman–Crippen MR) is 75.8 cm³/mol. The summed E-state index contributed by atoms with van der Waals surface area (Å²) < 4.78 is 41.1. The van der Waals surface area contributed by atoms with Crippen LogP contribution in [0.3, 0.4) is 0 Å². The average Bonchev–Trinajstić information content (AvgIpc) is 2.78. The summed E-state index contributed by atoms with van der Waals surface area (Å²) in [4.78, 5) is 7.80. The second-order valence-corrected chi connectivity index (χ2v) is 5.29. The fraction of sp³-hybridized carbons (Fsp3) is 0.143. The van der Waals surface area contributed by atoms with Gasteiger partial charge < -0.3 is 4.57 Å². The Labute approximate surface area is 126 Å². The second-order valence-electron chi connectivity index (χ2n) is 4.48. The number of hydrogen-bond acceptors (Lipinski definition) is 2. The molecule has 1 aromatic carbocycles. The predicted octanol–water partition coefficient (Wildman–Crippen LogP) is 4.26. The minimum atomic E-state index is -4.53. The average molecular weight is 356 g/mol. The third kappa shape index (κ3) is 2.78. The van der Waals surface area contributed by atoms with Gasteiger partial charge in [0.25, 0.3) is 0 Å². The van der Waals surface area contributed by atoms with Gasteiger partial charge in [-0.15, -0.1) is 0 Å². The number of alkyl halides is 3. The summed E-state index contributed by atoms with van der Waals surface area (Å²) in [5.41, 5.74) is 1.19. The topological polar surface area (TPSA) is 30.7 Å². The van der Waals surface area contributed by atoms with Crippen molar-refractivity contribution in [1.29, 1.82) is 0 Å². The molecular formula is C14H9BrF3N3. The van der Waals surface area contributed by atoms with Crippen LogP contribution in [0.15, 0.2) is 47.1 Å². The number of pyridine rings is 1. The van der Waals surface area contributed by atoms with Gasteiger partial charge in [-0.05, 0) is 33.6 Å². The minimum absolute atomic E-state index is 0.0651. The van der Waals surface area contributed by atoms with Crippen molar-refractivity contribution in [2.75, 3.05) is 0 Å². The molecule has 7 heteroatoms. The summed E-state index contributed by atoms with van der Waals surface area (Å²) in [5, 5.41) is 0. The first kappa shape index (κ1) is 14.1. The van der Waals surface area contributed by atoms with Gasteiger partial charge in [0.05, 0.1) is 6.54 Å². The third-order valence-corrected chi connectivity index (χ3v) is 3.44. The molecule has 3 nitrogen and oxygen atoms in total. The van der Waals surface area contributed by atoms with Crippen LogP contribution >= 0.6 is 15.9 Å². The lowest BCUT2D eigenvalue weighted by Gasteiger charge is -2.11. The lowest BCUT2D eigenvalue weighted by atomic mass is 10.2. The number of halogens is 4. The number of fused-ring (bicyclic) bond motifs is 1. The van der Waals surface area contributed by atoms with E-state index in [1.165, 1.54) is 6.07 Å². The van der Waals surface area contributed by atoms with Gasteiger partial charge in [-0.3, -0.25) is 0 Å². The Bertz CT molecular complexity index is 781. The van der Waals surface area contributed by atoms with Crippen molar-refractivity contribution in [2.45, 2.75) is 12.7 Å². The van der Waals surface area contributed by atoms with Gasteiger partial charge in [-0.2, -0.15) is 13.2 Å². The molecule has 0 atom stereocenters. The number of imidazole rings is 1. The van der Waals surface area contributed by atoms with Crippen LogP contribution in [0.4, 0.5) is 13.2 Å². The number of hydrogen-bond donors (Lipinski definition) is 0. The highest BCUT2D eigenvalue weighted by Gasteiger charge is 2.38. The van der Waals surface area contributed by atoms with Crippen LogP contribution in [-0.4, -0.2) is 14.5 Å². The van der Waals surface area contributed by atoms with Crippen LogP contribution in [-0.2, 0) is 12.7 Å². The molecule has 0 bridgehead atoms. The van der Waals surface area contributed by atoms with Gasteiger partial charge in [0.15, 0.2) is 5.65 Å². The summed E-state index contributed by atoms with van der Waals surface area (Å²) in [6.07, 6.45) is -4.53. The molecule has 21 heavy (non-hydrogen) atoms. The molecule has 0 aliphatic carbocycles. The Kier molecular flexibility index (Phi) is 3.44. The fourth-order valence-electron chi connectivity index (χ4n) is 2.11. The summed E-state index contributed by atoms with van der Waals surface area (Å²) in [6.45, 7) is 0.0651. The molecular weight excluding hydrogens is 347 g/mol. The second kappa shape index (κ2) is 5.14. The van der Waals surface area contributed by atoms with Gasteiger partial charge in [0.2, 0.25) is 5.82 Å². The smallest absolute Gasteiger partial charge is 0.301 e. The van der Waals surface area contributed by atoms with E-state index in [-0.39, 0.29) is 17.7 Å². The fourth-order valence-corrected chi connectivity index (χ4v) is 2.41. The van der Waals surface area contributed by atoms with Crippen molar-refractivity contribution in [3.05, 3.63) is 58.5 Å². The largest absolute Gasteiger partial charge is 0.449 e. The van der Waals surface area contributed by atoms with Crippen molar-refractivity contribution in [1.82, 2.24) is 14.5 Å². The van der Waals surface area contributed by atoms with Crippen LogP contribution in [0.5, 0.6) is 0 Å². The highest BCUT2D eigenvalue weighted by Crippen LogP contribution is 2.31. The molecule has 0 aliphatic rings. The standard InChI is InChI=1S/C14H9BrF3N3/c15-11-7-6-10-12(20-11)21(13(19-10)14(16,17)18)8-9-4-2-1-3-5-9/h1-7H,8H2. The van der Waals surface area contributed by atoms with Crippen LogP contribution in [0.25, 0.3) is 11.2 Å². The van der Waals surface area contributed by atoms with Gasteiger partial charge in [0, 0.05) is 0 Å². The number of rotatable bonds is 2. The van der Waals surface area contributed by atoms with E-state index in [4.69, 9.17) is 0 Å². The third-order valence-electron chi connectivity index (χ3n) is 3.00. The lowest BCUT2D eigenvalue weighted by Crippen LogP contribution is -2.16. The van der Waals surface area contributed by atoms with E-state index >= 15 is 0 Å². The summed E-state index contributed by atoms with van der Waals surface area (Å²) in [7, 11) is 0. The summed E-state index contributed by atoms with van der Waals surface area (Å²) in [6, 6.07) is 12.0. The molecule has 3 rings (SSSR count). The van der Waals surface area contributed by atoms with E-state index in [1.54, 1.807) is 30.3 Å². The maximum Gasteiger partial charge on any atom is 0.449 e. The van der Waals surface area contributed by atoms with Crippen molar-refractivity contribution in [3.63, 3.8) is 0 Å². The zero-order valence-electron chi connectivity index (χ0n) is 10.6. The molecule has 0 unspecified atom stereocenters. The van der Waals surface area contributed by atoms with Crippen LogP contribution in [0.1, 0.15) is 11.4 Å². The van der Waals surface area contributed by atoms with Crippen molar-refractivity contribution < 1.29 is 13.2 Å². The number of nitrogens with zero attached hydrogens (tertiary/aromatic N) is 3. The van der Waals surface area contributed by atoms with E-state index in [0.717, 1.165) is 10.1 Å². The SMILES string of the molecule is FC(F)(F)c1nc2ccc(Br)nc2n1Cc1ccccc1. The molecule has 0 aliphatic heterocycles. The molecule has 0 saturated carbocycles. The van der Waals surface area contributed by atoms with E-state index in [2.05, 4.69) is 25.9 Å². The van der Waals surface area contributed by atoms with Crippen molar-refractivity contribution in [2.24, 2.45) is 0 Å². The Hall–Kier alpha value is -1.89. The molecule has 0 saturated heterocycles. The van der Waals surface area contributed by atoms with Gasteiger partial charge >= 0.3 is 6.18 Å². The first-order valence-corrected chi connectivity index (χ1v) is 6.88. The molecule has 0 amide bonds. The highest BCUT2D eigenvalue weighted by atomic mass is 79.9. The molecule has 0 radical (unpaired) electrons. The maximum atomic E-state index is 13.2. The Morgan fingerprint density at radius 3 is 2.38 bits per heavy atom. The highest BCUT2D eigenvalue weighted by molar-refractivity contribution is 9.10. The lowest BCUT2D eigenvalue weighted by molar-refractivity contribution is -0.146. The molecule has 0 spiro atoms. The normalized spacial score (nSPS) is 12.0.